The minimum Gasteiger partial charge on any atom is -0.361 e. The lowest BCUT2D eigenvalue weighted by Crippen LogP contribution is -2.22. The fraction of sp³-hybridized carbons (Fsp3) is 0.296. The highest BCUT2D eigenvalue weighted by Gasteiger charge is 2.21. The molecule has 0 aliphatic rings. The van der Waals surface area contributed by atoms with E-state index in [9.17, 15) is 9.18 Å². The lowest BCUT2D eigenvalue weighted by Gasteiger charge is -2.15. The van der Waals surface area contributed by atoms with Gasteiger partial charge in [-0.2, -0.15) is 0 Å². The van der Waals surface area contributed by atoms with Gasteiger partial charge in [0.1, 0.15) is 18.2 Å². The van der Waals surface area contributed by atoms with E-state index in [2.05, 4.69) is 24.6 Å². The van der Waals surface area contributed by atoms with Crippen LogP contribution in [0.2, 0.25) is 30.7 Å². The molecule has 0 N–H and O–H groups in total. The van der Waals surface area contributed by atoms with Crippen molar-refractivity contribution < 1.29 is 13.9 Å². The maximum Gasteiger partial charge on any atom is 0.254 e. The second-order valence-electron chi connectivity index (χ2n) is 10.2. The summed E-state index contributed by atoms with van der Waals surface area (Å²) in [5.74, 6) is -0.513. The van der Waals surface area contributed by atoms with Crippen molar-refractivity contribution in [2.45, 2.75) is 32.4 Å². The number of amides is 1. The van der Waals surface area contributed by atoms with Gasteiger partial charge in [0.15, 0.2) is 0 Å². The van der Waals surface area contributed by atoms with Crippen molar-refractivity contribution in [2.75, 3.05) is 20.7 Å². The van der Waals surface area contributed by atoms with Crippen LogP contribution in [0.15, 0.2) is 55.1 Å². The van der Waals surface area contributed by atoms with Crippen LogP contribution in [0.4, 0.5) is 4.39 Å². The maximum absolute atomic E-state index is 14.9. The lowest BCUT2D eigenvalue weighted by atomic mass is 10.0. The number of ether oxygens (including phenoxy) is 1. The Balaban J connectivity index is 1.82. The Kier molecular flexibility index (Phi) is 7.58. The third-order valence-corrected chi connectivity index (χ3v) is 8.01. The summed E-state index contributed by atoms with van der Waals surface area (Å²) >= 11 is 6.98. The molecule has 0 aliphatic heterocycles. The van der Waals surface area contributed by atoms with Crippen LogP contribution in [0, 0.1) is 5.82 Å². The predicted octanol–water partition coefficient (Wildman–Crippen LogP) is 6.57. The Morgan fingerprint density at radius 1 is 1.11 bits per heavy atom. The molecule has 0 fully saturated rings. The number of pyridine rings is 2. The van der Waals surface area contributed by atoms with Crippen LogP contribution in [0.3, 0.4) is 0 Å². The first-order valence-corrected chi connectivity index (χ1v) is 15.8. The van der Waals surface area contributed by atoms with E-state index in [-0.39, 0.29) is 18.5 Å². The smallest absolute Gasteiger partial charge is 0.254 e. The first-order chi connectivity index (χ1) is 17.1. The average molecular weight is 525 g/mol. The minimum absolute atomic E-state index is 0.164. The zero-order valence-electron chi connectivity index (χ0n) is 21.2. The van der Waals surface area contributed by atoms with E-state index in [0.29, 0.717) is 50.5 Å². The molecule has 0 saturated carbocycles. The molecule has 0 atom stereocenters. The molecular weight excluding hydrogens is 495 g/mol. The van der Waals surface area contributed by atoms with Gasteiger partial charge in [-0.3, -0.25) is 9.78 Å². The highest BCUT2D eigenvalue weighted by Crippen LogP contribution is 2.40. The summed E-state index contributed by atoms with van der Waals surface area (Å²) < 4.78 is 22.7. The van der Waals surface area contributed by atoms with Crippen LogP contribution in [0.5, 0.6) is 0 Å². The van der Waals surface area contributed by atoms with Crippen LogP contribution in [-0.2, 0) is 11.5 Å². The maximum atomic E-state index is 14.9. The summed E-state index contributed by atoms with van der Waals surface area (Å²) in [6, 6.07) is 9.37. The molecule has 0 radical (unpaired) electrons. The van der Waals surface area contributed by atoms with Crippen molar-refractivity contribution in [1.82, 2.24) is 19.4 Å². The van der Waals surface area contributed by atoms with Crippen LogP contribution < -0.4 is 0 Å². The Morgan fingerprint density at radius 3 is 2.56 bits per heavy atom. The Labute approximate surface area is 216 Å². The third-order valence-electron chi connectivity index (χ3n) is 5.92. The molecule has 0 aliphatic carbocycles. The van der Waals surface area contributed by atoms with Gasteiger partial charge in [0.05, 0.1) is 10.6 Å². The van der Waals surface area contributed by atoms with E-state index in [1.807, 2.05) is 10.8 Å². The highest BCUT2D eigenvalue weighted by atomic mass is 35.5. The third kappa shape index (κ3) is 5.51. The molecule has 3 aromatic heterocycles. The summed E-state index contributed by atoms with van der Waals surface area (Å²) in [7, 11) is 2.14. The van der Waals surface area contributed by atoms with Crippen molar-refractivity contribution in [3.8, 4) is 22.3 Å². The van der Waals surface area contributed by atoms with Crippen LogP contribution in [0.25, 0.3) is 33.3 Å². The summed E-state index contributed by atoms with van der Waals surface area (Å²) in [6.45, 7) is 7.84. The van der Waals surface area contributed by atoms with Gasteiger partial charge >= 0.3 is 0 Å². The Hall–Kier alpha value is -3.07. The molecule has 1 amide bonds. The second kappa shape index (κ2) is 10.5. The molecule has 0 unspecified atom stereocenters. The number of hydrogen-bond acceptors (Lipinski definition) is 4. The summed E-state index contributed by atoms with van der Waals surface area (Å²) in [6.07, 6.45) is 6.66. The topological polar surface area (TPSA) is 60.2 Å². The minimum atomic E-state index is -1.23. The first-order valence-electron chi connectivity index (χ1n) is 11.7. The molecule has 1 aromatic carbocycles. The van der Waals surface area contributed by atoms with Gasteiger partial charge < -0.3 is 14.2 Å². The Morgan fingerprint density at radius 2 is 1.86 bits per heavy atom. The number of halogens is 2. The second-order valence-corrected chi connectivity index (χ2v) is 16.2. The van der Waals surface area contributed by atoms with Crippen LogP contribution in [0.1, 0.15) is 10.4 Å². The fourth-order valence-electron chi connectivity index (χ4n) is 3.90. The van der Waals surface area contributed by atoms with Crippen LogP contribution >= 0.6 is 11.6 Å². The van der Waals surface area contributed by atoms with E-state index < -0.39 is 8.07 Å². The number of fused-ring (bicyclic) bond motifs is 1. The lowest BCUT2D eigenvalue weighted by molar-refractivity contribution is 0.0827. The molecule has 0 bridgehead atoms. The molecular formula is C27H30ClFN4O2Si. The van der Waals surface area contributed by atoms with Gasteiger partial charge in [-0.05, 0) is 18.2 Å². The van der Waals surface area contributed by atoms with Crippen LogP contribution in [-0.4, -0.2) is 54.1 Å². The van der Waals surface area contributed by atoms with E-state index in [1.165, 1.54) is 17.2 Å². The van der Waals surface area contributed by atoms with Gasteiger partial charge in [0, 0.05) is 81.2 Å². The fourth-order valence-corrected chi connectivity index (χ4v) is 5.01. The average Bonchev–Trinajstić information content (AvgIpc) is 3.20. The number of carbonyl (C=O) groups is 1. The number of benzene rings is 1. The normalized spacial score (nSPS) is 11.8. The van der Waals surface area contributed by atoms with E-state index >= 15 is 0 Å². The number of aromatic nitrogens is 3. The standard InChI is InChI=1S/C27H30ClFN4O2Si/c1-32(2)27(34)19-12-18(13-30-14-19)21-15-31-26-24(25(21)28)22(20-8-6-7-9-23(20)29)16-33(26)17-35-10-11-36(3,4)5/h6-9,12-16H,10-11,17H2,1-5H3. The van der Waals surface area contributed by atoms with Gasteiger partial charge in [-0.15, -0.1) is 0 Å². The summed E-state index contributed by atoms with van der Waals surface area (Å²) in [5, 5.41) is 1.03. The van der Waals surface area contributed by atoms with E-state index in [4.69, 9.17) is 21.3 Å². The number of nitrogens with zero attached hydrogens (tertiary/aromatic N) is 4. The molecule has 3 heterocycles. The van der Waals surface area contributed by atoms with Gasteiger partial charge in [0.2, 0.25) is 0 Å². The van der Waals surface area contributed by atoms with Crippen molar-refractivity contribution in [3.63, 3.8) is 0 Å². The zero-order chi connectivity index (χ0) is 26.0. The molecule has 4 rings (SSSR count). The molecule has 6 nitrogen and oxygen atoms in total. The van der Waals surface area contributed by atoms with E-state index in [1.54, 1.807) is 50.8 Å². The van der Waals surface area contributed by atoms with Gasteiger partial charge in [-0.1, -0.05) is 49.4 Å². The zero-order valence-corrected chi connectivity index (χ0v) is 22.9. The summed E-state index contributed by atoms with van der Waals surface area (Å²) in [4.78, 5) is 22.9. The molecule has 36 heavy (non-hydrogen) atoms. The molecule has 9 heteroatoms. The number of hydrogen-bond donors (Lipinski definition) is 0. The largest absolute Gasteiger partial charge is 0.361 e. The first kappa shape index (κ1) is 26.0. The van der Waals surface area contributed by atoms with Crippen molar-refractivity contribution >= 4 is 36.6 Å². The molecule has 0 saturated heterocycles. The van der Waals surface area contributed by atoms with Crippen molar-refractivity contribution in [3.05, 3.63) is 71.5 Å². The van der Waals surface area contributed by atoms with Crippen molar-refractivity contribution in [2.24, 2.45) is 0 Å². The number of carbonyl (C=O) groups excluding carboxylic acids is 1. The monoisotopic (exact) mass is 524 g/mol. The van der Waals surface area contributed by atoms with Gasteiger partial charge in [0.25, 0.3) is 5.91 Å². The number of rotatable bonds is 8. The molecule has 0 spiro atoms. The highest BCUT2D eigenvalue weighted by molar-refractivity contribution is 6.76. The molecule has 4 aromatic rings. The van der Waals surface area contributed by atoms with E-state index in [0.717, 1.165) is 6.04 Å². The summed E-state index contributed by atoms with van der Waals surface area (Å²) in [5.41, 5.74) is 3.37. The quantitative estimate of drug-likeness (QED) is 0.193. The van der Waals surface area contributed by atoms with Gasteiger partial charge in [-0.25, -0.2) is 9.37 Å². The predicted molar refractivity (Wildman–Crippen MR) is 145 cm³/mol. The Bertz CT molecular complexity index is 1410. The molecule has 188 valence electrons. The SMILES string of the molecule is CN(C)C(=O)c1cncc(-c2cnc3c(c(-c4ccccc4F)cn3COCC[Si](C)(C)C)c2Cl)c1. The van der Waals surface area contributed by atoms with Crippen molar-refractivity contribution in [1.29, 1.82) is 0 Å².